The second-order valence-corrected chi connectivity index (χ2v) is 5.11. The van der Waals surface area contributed by atoms with E-state index >= 15 is 0 Å². The van der Waals surface area contributed by atoms with Crippen LogP contribution in [0.1, 0.15) is 56.8 Å². The van der Waals surface area contributed by atoms with Crippen molar-refractivity contribution in [2.24, 2.45) is 11.7 Å². The molecule has 1 saturated heterocycles. The molecule has 0 aromatic carbocycles. The summed E-state index contributed by atoms with van der Waals surface area (Å²) in [5.74, 6) is 2.26. The van der Waals surface area contributed by atoms with Crippen molar-refractivity contribution < 1.29 is 9.26 Å². The summed E-state index contributed by atoms with van der Waals surface area (Å²) in [4.78, 5) is 4.43. The fraction of sp³-hybridized carbons (Fsp3) is 0.833. The molecule has 2 N–H and O–H groups in total. The van der Waals surface area contributed by atoms with E-state index in [4.69, 9.17) is 15.0 Å². The molecule has 0 unspecified atom stereocenters. The van der Waals surface area contributed by atoms with Gasteiger partial charge in [0.1, 0.15) is 0 Å². The SMILES string of the molecule is CC(C)C[C@H](N)c1nc(C2CCOCC2)no1. The van der Waals surface area contributed by atoms with Crippen molar-refractivity contribution in [1.82, 2.24) is 10.1 Å². The van der Waals surface area contributed by atoms with Crippen LogP contribution in [0.4, 0.5) is 0 Å². The number of hydrogen-bond donors (Lipinski definition) is 1. The number of ether oxygens (including phenoxy) is 1. The van der Waals surface area contributed by atoms with Gasteiger partial charge in [-0.15, -0.1) is 0 Å². The van der Waals surface area contributed by atoms with Gasteiger partial charge < -0.3 is 15.0 Å². The van der Waals surface area contributed by atoms with Gasteiger partial charge in [-0.3, -0.25) is 0 Å². The van der Waals surface area contributed by atoms with E-state index in [2.05, 4.69) is 24.0 Å². The Morgan fingerprint density at radius 3 is 2.71 bits per heavy atom. The molecule has 1 aliphatic heterocycles. The maximum absolute atomic E-state index is 6.02. The molecule has 0 saturated carbocycles. The van der Waals surface area contributed by atoms with Crippen molar-refractivity contribution in [3.8, 4) is 0 Å². The molecular weight excluding hydrogens is 218 g/mol. The maximum atomic E-state index is 6.02. The van der Waals surface area contributed by atoms with Gasteiger partial charge in [0.25, 0.3) is 0 Å². The van der Waals surface area contributed by atoms with Crippen LogP contribution in [0.5, 0.6) is 0 Å². The Hall–Kier alpha value is -0.940. The van der Waals surface area contributed by atoms with E-state index in [0.717, 1.165) is 38.3 Å². The molecule has 1 fully saturated rings. The monoisotopic (exact) mass is 239 g/mol. The summed E-state index contributed by atoms with van der Waals surface area (Å²) in [6.07, 6.45) is 2.81. The predicted molar refractivity (Wildman–Crippen MR) is 63.5 cm³/mol. The lowest BCUT2D eigenvalue weighted by Gasteiger charge is -2.18. The number of rotatable bonds is 4. The summed E-state index contributed by atoms with van der Waals surface area (Å²) in [5, 5.41) is 4.05. The first-order chi connectivity index (χ1) is 8.16. The topological polar surface area (TPSA) is 74.2 Å². The van der Waals surface area contributed by atoms with E-state index < -0.39 is 0 Å². The van der Waals surface area contributed by atoms with Crippen molar-refractivity contribution in [2.75, 3.05) is 13.2 Å². The normalized spacial score (nSPS) is 19.8. The van der Waals surface area contributed by atoms with Crippen LogP contribution in [-0.2, 0) is 4.74 Å². The highest BCUT2D eigenvalue weighted by Crippen LogP contribution is 2.26. The second kappa shape index (κ2) is 5.60. The van der Waals surface area contributed by atoms with Crippen LogP contribution >= 0.6 is 0 Å². The molecule has 17 heavy (non-hydrogen) atoms. The van der Waals surface area contributed by atoms with Crippen LogP contribution < -0.4 is 5.73 Å². The molecule has 1 aliphatic rings. The summed E-state index contributed by atoms with van der Waals surface area (Å²) in [6, 6.07) is -0.143. The van der Waals surface area contributed by atoms with Crippen molar-refractivity contribution in [3.63, 3.8) is 0 Å². The van der Waals surface area contributed by atoms with Gasteiger partial charge in [-0.1, -0.05) is 19.0 Å². The van der Waals surface area contributed by atoms with E-state index in [1.807, 2.05) is 0 Å². The lowest BCUT2D eigenvalue weighted by molar-refractivity contribution is 0.0830. The standard InChI is InChI=1S/C12H21N3O2/c1-8(2)7-10(13)12-14-11(15-17-12)9-3-5-16-6-4-9/h8-10H,3-7,13H2,1-2H3/t10-/m0/s1. The van der Waals surface area contributed by atoms with Crippen LogP contribution in [0, 0.1) is 5.92 Å². The first-order valence-electron chi connectivity index (χ1n) is 6.33. The third-order valence-electron chi connectivity index (χ3n) is 3.09. The Bertz CT molecular complexity index is 345. The first-order valence-corrected chi connectivity index (χ1v) is 6.33. The Kier molecular flexibility index (Phi) is 4.12. The quantitative estimate of drug-likeness (QED) is 0.870. The van der Waals surface area contributed by atoms with Crippen molar-refractivity contribution >= 4 is 0 Å². The number of nitrogens with two attached hydrogens (primary N) is 1. The number of hydrogen-bond acceptors (Lipinski definition) is 5. The molecule has 2 heterocycles. The first kappa shape index (κ1) is 12.5. The molecule has 0 radical (unpaired) electrons. The maximum Gasteiger partial charge on any atom is 0.243 e. The van der Waals surface area contributed by atoms with Gasteiger partial charge in [0.05, 0.1) is 6.04 Å². The van der Waals surface area contributed by atoms with Gasteiger partial charge in [-0.2, -0.15) is 4.98 Å². The van der Waals surface area contributed by atoms with Gasteiger partial charge in [-0.25, -0.2) is 0 Å². The number of nitrogens with zero attached hydrogens (tertiary/aromatic N) is 2. The average Bonchev–Trinajstić information content (AvgIpc) is 2.78. The highest BCUT2D eigenvalue weighted by molar-refractivity contribution is 4.99. The van der Waals surface area contributed by atoms with E-state index in [1.165, 1.54) is 0 Å². The molecule has 1 aromatic rings. The molecular formula is C12H21N3O2. The minimum absolute atomic E-state index is 0.143. The molecule has 0 spiro atoms. The van der Waals surface area contributed by atoms with Crippen LogP contribution in [0.15, 0.2) is 4.52 Å². The minimum Gasteiger partial charge on any atom is -0.381 e. The van der Waals surface area contributed by atoms with Crippen LogP contribution in [0.2, 0.25) is 0 Å². The Morgan fingerprint density at radius 2 is 2.06 bits per heavy atom. The third kappa shape index (κ3) is 3.26. The third-order valence-corrected chi connectivity index (χ3v) is 3.09. The molecule has 0 amide bonds. The van der Waals surface area contributed by atoms with Crippen LogP contribution in [-0.4, -0.2) is 23.4 Å². The van der Waals surface area contributed by atoms with Gasteiger partial charge in [0.2, 0.25) is 5.89 Å². The summed E-state index contributed by atoms with van der Waals surface area (Å²) in [7, 11) is 0. The fourth-order valence-corrected chi connectivity index (χ4v) is 2.13. The van der Waals surface area contributed by atoms with Crippen molar-refractivity contribution in [1.29, 1.82) is 0 Å². The lowest BCUT2D eigenvalue weighted by Crippen LogP contribution is -2.16. The Labute approximate surface area is 102 Å². The van der Waals surface area contributed by atoms with E-state index in [0.29, 0.717) is 17.7 Å². The van der Waals surface area contributed by atoms with E-state index in [9.17, 15) is 0 Å². The molecule has 1 atom stereocenters. The molecule has 2 rings (SSSR count). The molecule has 5 nitrogen and oxygen atoms in total. The predicted octanol–water partition coefficient (Wildman–Crippen LogP) is 2.01. The summed E-state index contributed by atoms with van der Waals surface area (Å²) in [6.45, 7) is 5.84. The minimum atomic E-state index is -0.143. The lowest BCUT2D eigenvalue weighted by atomic mass is 10.00. The molecule has 0 aliphatic carbocycles. The largest absolute Gasteiger partial charge is 0.381 e. The summed E-state index contributed by atoms with van der Waals surface area (Å²) in [5.41, 5.74) is 6.02. The molecule has 0 bridgehead atoms. The molecule has 96 valence electrons. The van der Waals surface area contributed by atoms with Crippen LogP contribution in [0.25, 0.3) is 0 Å². The zero-order valence-corrected chi connectivity index (χ0v) is 10.6. The van der Waals surface area contributed by atoms with Gasteiger partial charge >= 0.3 is 0 Å². The fourth-order valence-electron chi connectivity index (χ4n) is 2.13. The molecule has 5 heteroatoms. The Balaban J connectivity index is 1.99. The smallest absolute Gasteiger partial charge is 0.243 e. The summed E-state index contributed by atoms with van der Waals surface area (Å²) < 4.78 is 10.6. The molecule has 1 aromatic heterocycles. The van der Waals surface area contributed by atoms with Crippen LogP contribution in [0.3, 0.4) is 0 Å². The van der Waals surface area contributed by atoms with E-state index in [-0.39, 0.29) is 6.04 Å². The zero-order valence-electron chi connectivity index (χ0n) is 10.6. The van der Waals surface area contributed by atoms with E-state index in [1.54, 1.807) is 0 Å². The van der Waals surface area contributed by atoms with Crippen molar-refractivity contribution in [3.05, 3.63) is 11.7 Å². The van der Waals surface area contributed by atoms with Gasteiger partial charge in [0.15, 0.2) is 5.82 Å². The highest BCUT2D eigenvalue weighted by atomic mass is 16.5. The summed E-state index contributed by atoms with van der Waals surface area (Å²) >= 11 is 0. The van der Waals surface area contributed by atoms with Crippen molar-refractivity contribution in [2.45, 2.75) is 45.1 Å². The zero-order chi connectivity index (χ0) is 12.3. The Morgan fingerprint density at radius 1 is 1.35 bits per heavy atom. The van der Waals surface area contributed by atoms with Gasteiger partial charge in [0, 0.05) is 19.1 Å². The second-order valence-electron chi connectivity index (χ2n) is 5.11. The number of aromatic nitrogens is 2. The van der Waals surface area contributed by atoms with Gasteiger partial charge in [-0.05, 0) is 25.2 Å². The highest BCUT2D eigenvalue weighted by Gasteiger charge is 2.23. The average molecular weight is 239 g/mol.